The Morgan fingerprint density at radius 3 is 3.07 bits per heavy atom. The summed E-state index contributed by atoms with van der Waals surface area (Å²) >= 11 is 0. The van der Waals surface area contributed by atoms with Crippen molar-refractivity contribution in [3.05, 3.63) is 35.8 Å². The van der Waals surface area contributed by atoms with Gasteiger partial charge in [0, 0.05) is 30.5 Å². The van der Waals surface area contributed by atoms with Crippen molar-refractivity contribution in [2.45, 2.75) is 63.8 Å². The van der Waals surface area contributed by atoms with E-state index in [1.54, 1.807) is 0 Å². The highest BCUT2D eigenvalue weighted by Crippen LogP contribution is 2.35. The van der Waals surface area contributed by atoms with Gasteiger partial charge < -0.3 is 20.5 Å². The monoisotopic (exact) mass is 377 g/mol. The second kappa shape index (κ2) is 10.0. The first kappa shape index (κ1) is 20.1. The van der Waals surface area contributed by atoms with E-state index in [4.69, 9.17) is 20.2 Å². The summed E-state index contributed by atoms with van der Waals surface area (Å²) < 4.78 is 24.7. The number of alkyl halides is 1. The number of dihydropyridines is 1. The Bertz CT molecular complexity index is 615. The summed E-state index contributed by atoms with van der Waals surface area (Å²) in [5.41, 5.74) is 8.05. The van der Waals surface area contributed by atoms with Crippen LogP contribution in [0.15, 0.2) is 40.8 Å². The van der Waals surface area contributed by atoms with Gasteiger partial charge in [-0.25, -0.2) is 4.39 Å². The molecule has 0 saturated carbocycles. The van der Waals surface area contributed by atoms with Gasteiger partial charge in [-0.05, 0) is 43.8 Å². The van der Waals surface area contributed by atoms with Gasteiger partial charge in [-0.3, -0.25) is 4.99 Å². The van der Waals surface area contributed by atoms with Crippen LogP contribution in [0.3, 0.4) is 0 Å². The van der Waals surface area contributed by atoms with Gasteiger partial charge in [-0.2, -0.15) is 0 Å². The molecule has 3 rings (SSSR count). The zero-order valence-electron chi connectivity index (χ0n) is 16.2. The highest BCUT2D eigenvalue weighted by molar-refractivity contribution is 6.03. The average molecular weight is 378 g/mol. The van der Waals surface area contributed by atoms with Crippen LogP contribution in [0.5, 0.6) is 0 Å². The Hall–Kier alpha value is -1.66. The van der Waals surface area contributed by atoms with Gasteiger partial charge in [0.05, 0.1) is 24.6 Å². The van der Waals surface area contributed by atoms with Crippen molar-refractivity contribution in [2.75, 3.05) is 19.9 Å². The van der Waals surface area contributed by atoms with Gasteiger partial charge in [0.25, 0.3) is 0 Å². The molecule has 3 aliphatic rings. The van der Waals surface area contributed by atoms with E-state index in [0.29, 0.717) is 19.1 Å². The number of hydrogen-bond donors (Lipinski definition) is 2. The third-order valence-corrected chi connectivity index (χ3v) is 5.36. The maximum atomic E-state index is 13.3. The Kier molecular flexibility index (Phi) is 7.47. The van der Waals surface area contributed by atoms with Gasteiger partial charge in [0.15, 0.2) is 0 Å². The number of halogens is 1. The molecular weight excluding hydrogens is 345 g/mol. The Morgan fingerprint density at radius 1 is 1.44 bits per heavy atom. The molecule has 6 heteroatoms. The second-order valence-corrected chi connectivity index (χ2v) is 7.53. The van der Waals surface area contributed by atoms with Crippen molar-refractivity contribution in [1.82, 2.24) is 5.32 Å². The second-order valence-electron chi connectivity index (χ2n) is 7.53. The van der Waals surface area contributed by atoms with Gasteiger partial charge in [-0.15, -0.1) is 0 Å². The molecule has 0 saturated heterocycles. The lowest BCUT2D eigenvalue weighted by molar-refractivity contribution is -0.00308. The Balaban J connectivity index is 1.56. The molecule has 0 radical (unpaired) electrons. The Morgan fingerprint density at radius 2 is 2.33 bits per heavy atom. The molecule has 0 aromatic rings. The fraction of sp³-hybridized carbons (Fsp3) is 0.667. The maximum absolute atomic E-state index is 13.3. The van der Waals surface area contributed by atoms with Crippen LogP contribution in [-0.2, 0) is 9.47 Å². The smallest absolute Gasteiger partial charge is 0.150 e. The molecule has 2 aliphatic heterocycles. The quantitative estimate of drug-likeness (QED) is 0.605. The van der Waals surface area contributed by atoms with Crippen LogP contribution in [0.2, 0.25) is 0 Å². The van der Waals surface area contributed by atoms with Crippen LogP contribution in [-0.4, -0.2) is 43.9 Å². The number of hydrogen-bond acceptors (Lipinski definition) is 5. The fourth-order valence-corrected chi connectivity index (χ4v) is 3.72. The summed E-state index contributed by atoms with van der Waals surface area (Å²) in [6, 6.07) is 0.208. The summed E-state index contributed by atoms with van der Waals surface area (Å²) in [5.74, 6) is 1.41. The molecule has 0 amide bonds. The highest BCUT2D eigenvalue weighted by Gasteiger charge is 2.31. The largest absolute Gasteiger partial charge is 0.490 e. The maximum Gasteiger partial charge on any atom is 0.150 e. The molecule has 2 heterocycles. The van der Waals surface area contributed by atoms with E-state index < -0.39 is 12.8 Å². The van der Waals surface area contributed by atoms with Crippen molar-refractivity contribution in [1.29, 1.82) is 0 Å². The number of unbranched alkanes of at least 4 members (excludes halogenated alkanes) is 1. The molecule has 0 bridgehead atoms. The molecule has 0 aromatic carbocycles. The van der Waals surface area contributed by atoms with E-state index in [1.165, 1.54) is 0 Å². The predicted octanol–water partition coefficient (Wildman–Crippen LogP) is 3.38. The lowest BCUT2D eigenvalue weighted by Gasteiger charge is -2.34. The topological polar surface area (TPSA) is 68.9 Å². The molecule has 2 unspecified atom stereocenters. The molecule has 27 heavy (non-hydrogen) atoms. The SMILES string of the molecule is CCCCOCC(CF)OC1=CC[C@H]2CCC(C3=CNC(N)C=C3)=N[C@H]2C1. The molecular formula is C21H32FN3O2. The summed E-state index contributed by atoms with van der Waals surface area (Å²) in [6.45, 7) is 2.54. The van der Waals surface area contributed by atoms with E-state index in [0.717, 1.165) is 55.6 Å². The van der Waals surface area contributed by atoms with Gasteiger partial charge in [0.2, 0.25) is 0 Å². The summed E-state index contributed by atoms with van der Waals surface area (Å²) in [4.78, 5) is 4.99. The number of rotatable bonds is 9. The van der Waals surface area contributed by atoms with Crippen molar-refractivity contribution in [2.24, 2.45) is 16.6 Å². The molecule has 0 spiro atoms. The third kappa shape index (κ3) is 5.66. The predicted molar refractivity (Wildman–Crippen MR) is 106 cm³/mol. The molecule has 150 valence electrons. The first-order valence-electron chi connectivity index (χ1n) is 10.2. The molecule has 5 nitrogen and oxygen atoms in total. The Labute approximate surface area is 161 Å². The normalized spacial score (nSPS) is 28.4. The van der Waals surface area contributed by atoms with E-state index >= 15 is 0 Å². The minimum atomic E-state index is -0.532. The van der Waals surface area contributed by atoms with Crippen molar-refractivity contribution in [3.63, 3.8) is 0 Å². The lowest BCUT2D eigenvalue weighted by Crippen LogP contribution is -2.35. The fourth-order valence-electron chi connectivity index (χ4n) is 3.72. The van der Waals surface area contributed by atoms with Gasteiger partial charge >= 0.3 is 0 Å². The van der Waals surface area contributed by atoms with Crippen LogP contribution < -0.4 is 11.1 Å². The van der Waals surface area contributed by atoms with E-state index in [-0.39, 0.29) is 12.2 Å². The minimum Gasteiger partial charge on any atom is -0.490 e. The van der Waals surface area contributed by atoms with E-state index in [1.807, 2.05) is 18.4 Å². The number of ether oxygens (including phenoxy) is 2. The minimum absolute atomic E-state index is 0.125. The van der Waals surface area contributed by atoms with Gasteiger partial charge in [0.1, 0.15) is 12.8 Å². The zero-order chi connectivity index (χ0) is 19.1. The number of allylic oxidation sites excluding steroid dienone is 3. The van der Waals surface area contributed by atoms with Crippen LogP contribution in [0, 0.1) is 5.92 Å². The average Bonchev–Trinajstić information content (AvgIpc) is 2.70. The molecule has 0 fully saturated rings. The molecule has 4 atom stereocenters. The number of nitrogens with two attached hydrogens (primary N) is 1. The van der Waals surface area contributed by atoms with Crippen LogP contribution in [0.25, 0.3) is 0 Å². The highest BCUT2D eigenvalue weighted by atomic mass is 19.1. The number of aliphatic imine (C=N–C) groups is 1. The van der Waals surface area contributed by atoms with E-state index in [2.05, 4.69) is 18.3 Å². The standard InChI is InChI=1S/C21H32FN3O2/c1-2-3-10-26-14-18(12-22)27-17-7-4-15-5-8-19(25-20(15)11-17)16-6-9-21(23)24-13-16/h6-7,9,13,15,18,20-21,24H,2-5,8,10-12,14,23H2,1H3/t15-,18?,20-,21?/m0/s1. The first-order valence-corrected chi connectivity index (χ1v) is 10.2. The molecule has 0 aromatic heterocycles. The van der Waals surface area contributed by atoms with Crippen molar-refractivity contribution < 1.29 is 13.9 Å². The van der Waals surface area contributed by atoms with Crippen LogP contribution >= 0.6 is 0 Å². The summed E-state index contributed by atoms with van der Waals surface area (Å²) in [5, 5.41) is 3.13. The van der Waals surface area contributed by atoms with Gasteiger partial charge in [-0.1, -0.05) is 19.4 Å². The molecule has 3 N–H and O–H groups in total. The first-order chi connectivity index (χ1) is 13.2. The lowest BCUT2D eigenvalue weighted by atomic mass is 9.81. The number of fused-ring (bicyclic) bond motifs is 1. The van der Waals surface area contributed by atoms with Crippen molar-refractivity contribution >= 4 is 5.71 Å². The van der Waals surface area contributed by atoms with Crippen LogP contribution in [0.1, 0.15) is 45.4 Å². The molecule has 1 aliphatic carbocycles. The summed E-state index contributed by atoms with van der Waals surface area (Å²) in [6.07, 6.45) is 13.3. The van der Waals surface area contributed by atoms with E-state index in [9.17, 15) is 4.39 Å². The number of nitrogens with one attached hydrogen (secondary N) is 1. The summed E-state index contributed by atoms with van der Waals surface area (Å²) in [7, 11) is 0. The van der Waals surface area contributed by atoms with Crippen LogP contribution in [0.4, 0.5) is 4.39 Å². The van der Waals surface area contributed by atoms with Crippen molar-refractivity contribution in [3.8, 4) is 0 Å². The third-order valence-electron chi connectivity index (χ3n) is 5.36. The zero-order valence-corrected chi connectivity index (χ0v) is 16.2. The number of nitrogens with zero attached hydrogens (tertiary/aromatic N) is 1.